The molecule has 0 bridgehead atoms. The van der Waals surface area contributed by atoms with Crippen LogP contribution in [0.4, 0.5) is 0 Å². The van der Waals surface area contributed by atoms with Crippen molar-refractivity contribution < 1.29 is 4.74 Å². The number of ether oxygens (including phenoxy) is 1. The highest BCUT2D eigenvalue weighted by atomic mass is 16.5. The van der Waals surface area contributed by atoms with E-state index in [0.717, 1.165) is 17.7 Å². The molecule has 0 radical (unpaired) electrons. The fourth-order valence-electron chi connectivity index (χ4n) is 1.58. The van der Waals surface area contributed by atoms with Crippen molar-refractivity contribution in [2.75, 3.05) is 0 Å². The van der Waals surface area contributed by atoms with Gasteiger partial charge >= 0.3 is 6.01 Å². The molecule has 3 heteroatoms. The average molecular weight is 242 g/mol. The molecular formula is C15H18N2O. The van der Waals surface area contributed by atoms with Crippen LogP contribution in [0.5, 0.6) is 11.8 Å². The quantitative estimate of drug-likeness (QED) is 0.814. The number of aryl methyl sites for hydroxylation is 1. The van der Waals surface area contributed by atoms with Gasteiger partial charge in [-0.15, -0.1) is 0 Å². The second kappa shape index (κ2) is 5.63. The summed E-state index contributed by atoms with van der Waals surface area (Å²) in [6, 6.07) is 8.39. The highest BCUT2D eigenvalue weighted by molar-refractivity contribution is 5.29. The Bertz CT molecular complexity index is 489. The molecule has 0 aliphatic rings. The lowest BCUT2D eigenvalue weighted by molar-refractivity contribution is 0.440. The highest BCUT2D eigenvalue weighted by Crippen LogP contribution is 2.19. The smallest absolute Gasteiger partial charge is 0.321 e. The zero-order valence-corrected chi connectivity index (χ0v) is 11.1. The third-order valence-electron chi connectivity index (χ3n) is 2.86. The van der Waals surface area contributed by atoms with Crippen LogP contribution in [0, 0.1) is 0 Å². The SMILES string of the molecule is CCc1ccc(Oc2ncc(C(C)C)cn2)cc1. The molecule has 0 aliphatic carbocycles. The van der Waals surface area contributed by atoms with E-state index in [9.17, 15) is 0 Å². The van der Waals surface area contributed by atoms with Crippen molar-refractivity contribution in [2.45, 2.75) is 33.1 Å². The van der Waals surface area contributed by atoms with Crippen LogP contribution >= 0.6 is 0 Å². The van der Waals surface area contributed by atoms with Gasteiger partial charge in [-0.1, -0.05) is 32.9 Å². The molecule has 3 nitrogen and oxygen atoms in total. The van der Waals surface area contributed by atoms with Crippen LogP contribution in [0.1, 0.15) is 37.8 Å². The zero-order valence-electron chi connectivity index (χ0n) is 11.1. The normalized spacial score (nSPS) is 10.7. The predicted octanol–water partition coefficient (Wildman–Crippen LogP) is 3.95. The fourth-order valence-corrected chi connectivity index (χ4v) is 1.58. The lowest BCUT2D eigenvalue weighted by Gasteiger charge is -2.06. The van der Waals surface area contributed by atoms with E-state index in [-0.39, 0.29) is 0 Å². The summed E-state index contributed by atoms with van der Waals surface area (Å²) in [5.74, 6) is 1.20. The molecule has 0 spiro atoms. The standard InChI is InChI=1S/C15H18N2O/c1-4-12-5-7-14(8-6-12)18-15-16-9-13(10-17-15)11(2)3/h5-11H,4H2,1-3H3. The van der Waals surface area contributed by atoms with Crippen molar-refractivity contribution in [3.63, 3.8) is 0 Å². The Labute approximate surface area is 108 Å². The van der Waals surface area contributed by atoms with Crippen LogP contribution in [0.15, 0.2) is 36.7 Å². The Morgan fingerprint density at radius 2 is 1.67 bits per heavy atom. The van der Waals surface area contributed by atoms with Gasteiger partial charge in [-0.05, 0) is 35.6 Å². The molecule has 0 fully saturated rings. The first kappa shape index (κ1) is 12.6. The van der Waals surface area contributed by atoms with E-state index in [1.807, 2.05) is 24.5 Å². The molecule has 0 unspecified atom stereocenters. The molecule has 0 saturated heterocycles. The van der Waals surface area contributed by atoms with E-state index in [1.54, 1.807) is 0 Å². The molecule has 1 aromatic carbocycles. The van der Waals surface area contributed by atoms with E-state index in [0.29, 0.717) is 11.9 Å². The monoisotopic (exact) mass is 242 g/mol. The lowest BCUT2D eigenvalue weighted by atomic mass is 10.1. The van der Waals surface area contributed by atoms with E-state index in [1.165, 1.54) is 5.56 Å². The van der Waals surface area contributed by atoms with E-state index in [2.05, 4.69) is 42.9 Å². The molecule has 94 valence electrons. The van der Waals surface area contributed by atoms with Gasteiger partial charge in [0.05, 0.1) is 0 Å². The minimum atomic E-state index is 0.392. The van der Waals surface area contributed by atoms with Crippen molar-refractivity contribution in [1.82, 2.24) is 9.97 Å². The summed E-state index contributed by atoms with van der Waals surface area (Å²) in [6.07, 6.45) is 4.65. The Balaban J connectivity index is 2.08. The maximum atomic E-state index is 5.59. The van der Waals surface area contributed by atoms with Gasteiger partial charge in [0, 0.05) is 12.4 Å². The molecule has 0 N–H and O–H groups in total. The molecule has 1 aromatic heterocycles. The van der Waals surface area contributed by atoms with Crippen molar-refractivity contribution in [1.29, 1.82) is 0 Å². The molecule has 0 saturated carbocycles. The van der Waals surface area contributed by atoms with Crippen molar-refractivity contribution in [3.8, 4) is 11.8 Å². The number of hydrogen-bond acceptors (Lipinski definition) is 3. The number of nitrogens with zero attached hydrogens (tertiary/aromatic N) is 2. The summed E-state index contributed by atoms with van der Waals surface area (Å²) in [7, 11) is 0. The molecule has 1 heterocycles. The van der Waals surface area contributed by atoms with E-state index >= 15 is 0 Å². The van der Waals surface area contributed by atoms with Crippen LogP contribution in [0.3, 0.4) is 0 Å². The van der Waals surface area contributed by atoms with E-state index < -0.39 is 0 Å². The minimum absolute atomic E-state index is 0.392. The summed E-state index contributed by atoms with van der Waals surface area (Å²) in [6.45, 7) is 6.36. The molecule has 0 aliphatic heterocycles. The summed E-state index contributed by atoms with van der Waals surface area (Å²) >= 11 is 0. The van der Waals surface area contributed by atoms with Crippen molar-refractivity contribution in [3.05, 3.63) is 47.8 Å². The number of hydrogen-bond donors (Lipinski definition) is 0. The van der Waals surface area contributed by atoms with Gasteiger partial charge in [0.25, 0.3) is 0 Å². The first-order valence-electron chi connectivity index (χ1n) is 6.27. The molecular weight excluding hydrogens is 224 g/mol. The highest BCUT2D eigenvalue weighted by Gasteiger charge is 2.03. The van der Waals surface area contributed by atoms with Gasteiger partial charge in [-0.3, -0.25) is 0 Å². The largest absolute Gasteiger partial charge is 0.424 e. The Morgan fingerprint density at radius 3 is 2.17 bits per heavy atom. The number of rotatable bonds is 4. The zero-order chi connectivity index (χ0) is 13.0. The Morgan fingerprint density at radius 1 is 1.06 bits per heavy atom. The summed E-state index contributed by atoms with van der Waals surface area (Å²) < 4.78 is 5.59. The maximum absolute atomic E-state index is 5.59. The summed E-state index contributed by atoms with van der Waals surface area (Å²) in [4.78, 5) is 8.41. The summed E-state index contributed by atoms with van der Waals surface area (Å²) in [5.41, 5.74) is 2.40. The van der Waals surface area contributed by atoms with Gasteiger partial charge in [-0.25, -0.2) is 9.97 Å². The summed E-state index contributed by atoms with van der Waals surface area (Å²) in [5, 5.41) is 0. The van der Waals surface area contributed by atoms with Gasteiger partial charge in [-0.2, -0.15) is 0 Å². The van der Waals surface area contributed by atoms with Crippen LogP contribution < -0.4 is 4.74 Å². The maximum Gasteiger partial charge on any atom is 0.321 e. The van der Waals surface area contributed by atoms with Crippen LogP contribution in [0.25, 0.3) is 0 Å². The second-order valence-corrected chi connectivity index (χ2v) is 4.55. The Hall–Kier alpha value is -1.90. The lowest BCUT2D eigenvalue weighted by Crippen LogP contribution is -1.95. The van der Waals surface area contributed by atoms with Crippen LogP contribution in [0.2, 0.25) is 0 Å². The molecule has 0 amide bonds. The first-order chi connectivity index (χ1) is 8.69. The second-order valence-electron chi connectivity index (χ2n) is 4.55. The predicted molar refractivity (Wildman–Crippen MR) is 72.0 cm³/mol. The van der Waals surface area contributed by atoms with Gasteiger partial charge in [0.15, 0.2) is 0 Å². The minimum Gasteiger partial charge on any atom is -0.424 e. The van der Waals surface area contributed by atoms with Gasteiger partial charge in [0.2, 0.25) is 0 Å². The van der Waals surface area contributed by atoms with Crippen LogP contribution in [-0.2, 0) is 6.42 Å². The molecule has 0 atom stereocenters. The molecule has 18 heavy (non-hydrogen) atoms. The van der Waals surface area contributed by atoms with Crippen molar-refractivity contribution >= 4 is 0 Å². The van der Waals surface area contributed by atoms with Gasteiger partial charge < -0.3 is 4.74 Å². The topological polar surface area (TPSA) is 35.0 Å². The number of benzene rings is 1. The first-order valence-corrected chi connectivity index (χ1v) is 6.27. The van der Waals surface area contributed by atoms with Gasteiger partial charge in [0.1, 0.15) is 5.75 Å². The van der Waals surface area contributed by atoms with E-state index in [4.69, 9.17) is 4.74 Å². The third kappa shape index (κ3) is 3.06. The Kier molecular flexibility index (Phi) is 3.92. The third-order valence-corrected chi connectivity index (χ3v) is 2.86. The fraction of sp³-hybridized carbons (Fsp3) is 0.333. The number of aromatic nitrogens is 2. The average Bonchev–Trinajstić information content (AvgIpc) is 2.40. The molecule has 2 rings (SSSR count). The van der Waals surface area contributed by atoms with Crippen molar-refractivity contribution in [2.24, 2.45) is 0 Å². The van der Waals surface area contributed by atoms with Crippen LogP contribution in [-0.4, -0.2) is 9.97 Å². The molecule has 2 aromatic rings.